The second-order valence-corrected chi connectivity index (χ2v) is 4.82. The van der Waals surface area contributed by atoms with Crippen LogP contribution in [-0.4, -0.2) is 19.1 Å². The molecule has 0 saturated carbocycles. The summed E-state index contributed by atoms with van der Waals surface area (Å²) in [5, 5.41) is 4.84. The molecule has 0 aliphatic heterocycles. The molecule has 0 aromatic heterocycles. The van der Waals surface area contributed by atoms with Crippen LogP contribution >= 0.6 is 11.6 Å². The molecule has 0 bridgehead atoms. The number of benzene rings is 2. The summed E-state index contributed by atoms with van der Waals surface area (Å²) in [5.41, 5.74) is -0.0541. The molecule has 0 aliphatic rings. The van der Waals surface area contributed by atoms with Crippen molar-refractivity contribution in [3.05, 3.63) is 58.6 Å². The average Bonchev–Trinajstić information content (AvgIpc) is 2.49. The summed E-state index contributed by atoms with van der Waals surface area (Å²) in [7, 11) is 1.19. The first kappa shape index (κ1) is 16.7. The number of carbonyl (C=O) groups excluding carboxylic acids is 2. The monoisotopic (exact) mass is 340 g/mol. The highest BCUT2D eigenvalue weighted by atomic mass is 35.5. The number of urea groups is 1. The topological polar surface area (TPSA) is 67.4 Å². The number of amides is 2. The molecule has 0 unspecified atom stereocenters. The number of carbonyl (C=O) groups is 2. The number of ether oxygens (including phenoxy) is 1. The molecule has 8 heteroatoms. The van der Waals surface area contributed by atoms with Crippen molar-refractivity contribution in [2.75, 3.05) is 17.7 Å². The fourth-order valence-corrected chi connectivity index (χ4v) is 1.95. The van der Waals surface area contributed by atoms with Crippen molar-refractivity contribution in [1.29, 1.82) is 0 Å². The van der Waals surface area contributed by atoms with E-state index in [0.717, 1.165) is 12.1 Å². The lowest BCUT2D eigenvalue weighted by atomic mass is 10.2. The van der Waals surface area contributed by atoms with E-state index in [2.05, 4.69) is 15.4 Å². The Morgan fingerprint density at radius 1 is 1.04 bits per heavy atom. The molecule has 2 rings (SSSR count). The van der Waals surface area contributed by atoms with E-state index in [1.165, 1.54) is 25.3 Å². The fourth-order valence-electron chi connectivity index (χ4n) is 1.77. The highest BCUT2D eigenvalue weighted by Gasteiger charge is 2.15. The Balaban J connectivity index is 2.20. The third-order valence-corrected chi connectivity index (χ3v) is 3.05. The minimum atomic E-state index is -0.931. The Labute approximate surface area is 135 Å². The predicted octanol–water partition coefficient (Wildman–Crippen LogP) is 4.05. The molecule has 0 radical (unpaired) electrons. The highest BCUT2D eigenvalue weighted by Crippen LogP contribution is 2.22. The number of anilines is 2. The Morgan fingerprint density at radius 3 is 2.39 bits per heavy atom. The van der Waals surface area contributed by atoms with E-state index in [-0.39, 0.29) is 22.0 Å². The number of esters is 1. The van der Waals surface area contributed by atoms with E-state index in [1.807, 2.05) is 0 Å². The van der Waals surface area contributed by atoms with Crippen molar-refractivity contribution in [1.82, 2.24) is 0 Å². The average molecular weight is 341 g/mol. The molecular formula is C15H11ClF2N2O3. The van der Waals surface area contributed by atoms with E-state index < -0.39 is 23.6 Å². The van der Waals surface area contributed by atoms with Gasteiger partial charge in [0.05, 0.1) is 24.0 Å². The summed E-state index contributed by atoms with van der Waals surface area (Å²) in [6.45, 7) is 0. The minimum absolute atomic E-state index is 0.0756. The van der Waals surface area contributed by atoms with Crippen molar-refractivity contribution in [3.8, 4) is 0 Å². The minimum Gasteiger partial charge on any atom is -0.465 e. The van der Waals surface area contributed by atoms with Crippen LogP contribution in [0.25, 0.3) is 0 Å². The zero-order valence-corrected chi connectivity index (χ0v) is 12.6. The van der Waals surface area contributed by atoms with Crippen LogP contribution in [0.1, 0.15) is 10.4 Å². The number of nitrogens with one attached hydrogen (secondary N) is 2. The third kappa shape index (κ3) is 4.17. The highest BCUT2D eigenvalue weighted by molar-refractivity contribution is 6.31. The number of hydrogen-bond acceptors (Lipinski definition) is 3. The van der Waals surface area contributed by atoms with Crippen LogP contribution in [0.4, 0.5) is 25.0 Å². The maximum absolute atomic E-state index is 13.5. The molecule has 0 fully saturated rings. The molecule has 120 valence electrons. The van der Waals surface area contributed by atoms with Crippen LogP contribution < -0.4 is 10.6 Å². The largest absolute Gasteiger partial charge is 0.465 e. The van der Waals surface area contributed by atoms with Gasteiger partial charge in [0.2, 0.25) is 0 Å². The fraction of sp³-hybridized carbons (Fsp3) is 0.0667. The molecular weight excluding hydrogens is 330 g/mol. The molecule has 0 saturated heterocycles. The van der Waals surface area contributed by atoms with Gasteiger partial charge in [-0.1, -0.05) is 11.6 Å². The summed E-state index contributed by atoms with van der Waals surface area (Å²) in [6, 6.07) is 6.05. The van der Waals surface area contributed by atoms with Crippen molar-refractivity contribution < 1.29 is 23.1 Å². The zero-order chi connectivity index (χ0) is 17.0. The Kier molecular flexibility index (Phi) is 5.13. The summed E-state index contributed by atoms with van der Waals surface area (Å²) in [5.74, 6) is -2.37. The van der Waals surface area contributed by atoms with Gasteiger partial charge in [0, 0.05) is 11.1 Å². The summed E-state index contributed by atoms with van der Waals surface area (Å²) in [4.78, 5) is 23.6. The van der Waals surface area contributed by atoms with E-state index in [4.69, 9.17) is 11.6 Å². The van der Waals surface area contributed by atoms with Crippen LogP contribution in [0.3, 0.4) is 0 Å². The summed E-state index contributed by atoms with van der Waals surface area (Å²) in [6.07, 6.45) is 0. The summed E-state index contributed by atoms with van der Waals surface area (Å²) >= 11 is 5.83. The van der Waals surface area contributed by atoms with Gasteiger partial charge in [0.15, 0.2) is 0 Å². The molecule has 0 spiro atoms. The molecule has 23 heavy (non-hydrogen) atoms. The van der Waals surface area contributed by atoms with E-state index in [0.29, 0.717) is 6.07 Å². The van der Waals surface area contributed by atoms with Gasteiger partial charge in [-0.25, -0.2) is 18.4 Å². The Hall–Kier alpha value is -2.67. The van der Waals surface area contributed by atoms with Crippen LogP contribution in [0.2, 0.25) is 5.02 Å². The van der Waals surface area contributed by atoms with E-state index in [1.54, 1.807) is 0 Å². The van der Waals surface area contributed by atoms with E-state index in [9.17, 15) is 18.4 Å². The molecule has 5 nitrogen and oxygen atoms in total. The van der Waals surface area contributed by atoms with Gasteiger partial charge in [-0.3, -0.25) is 0 Å². The lowest BCUT2D eigenvalue weighted by molar-refractivity contribution is 0.0602. The van der Waals surface area contributed by atoms with Crippen LogP contribution in [0.5, 0.6) is 0 Å². The molecule has 2 aromatic carbocycles. The van der Waals surface area contributed by atoms with Crippen LogP contribution in [0, 0.1) is 11.6 Å². The van der Waals surface area contributed by atoms with Gasteiger partial charge in [-0.05, 0) is 30.3 Å². The maximum Gasteiger partial charge on any atom is 0.339 e. The first-order chi connectivity index (χ1) is 10.9. The Bertz CT molecular complexity index is 768. The van der Waals surface area contributed by atoms with Crippen molar-refractivity contribution in [3.63, 3.8) is 0 Å². The maximum atomic E-state index is 13.5. The molecule has 2 N–H and O–H groups in total. The molecule has 0 heterocycles. The third-order valence-electron chi connectivity index (χ3n) is 2.81. The Morgan fingerprint density at radius 2 is 1.74 bits per heavy atom. The zero-order valence-electron chi connectivity index (χ0n) is 11.8. The van der Waals surface area contributed by atoms with Crippen LogP contribution in [-0.2, 0) is 4.74 Å². The van der Waals surface area contributed by atoms with Gasteiger partial charge in [-0.15, -0.1) is 0 Å². The number of methoxy groups -OCH3 is 1. The van der Waals surface area contributed by atoms with Gasteiger partial charge in [-0.2, -0.15) is 0 Å². The van der Waals surface area contributed by atoms with E-state index >= 15 is 0 Å². The standard InChI is InChI=1S/C15H11ClF2N2O3/c1-23-14(21)10-4-2-8(16)6-13(10)20-15(22)19-12-5-3-9(17)7-11(12)18/h2-7H,1H3,(H2,19,20,22). The molecule has 0 aliphatic carbocycles. The molecule has 0 atom stereocenters. The predicted molar refractivity (Wildman–Crippen MR) is 81.8 cm³/mol. The second kappa shape index (κ2) is 7.06. The van der Waals surface area contributed by atoms with Crippen LogP contribution in [0.15, 0.2) is 36.4 Å². The lowest BCUT2D eigenvalue weighted by Crippen LogP contribution is -2.22. The smallest absolute Gasteiger partial charge is 0.339 e. The first-order valence-corrected chi connectivity index (χ1v) is 6.69. The SMILES string of the molecule is COC(=O)c1ccc(Cl)cc1NC(=O)Nc1ccc(F)cc1F. The normalized spacial score (nSPS) is 10.1. The van der Waals surface area contributed by atoms with Gasteiger partial charge < -0.3 is 15.4 Å². The second-order valence-electron chi connectivity index (χ2n) is 4.38. The van der Waals surface area contributed by atoms with Gasteiger partial charge in [0.25, 0.3) is 0 Å². The molecule has 2 amide bonds. The first-order valence-electron chi connectivity index (χ1n) is 6.31. The van der Waals surface area contributed by atoms with Gasteiger partial charge >= 0.3 is 12.0 Å². The summed E-state index contributed by atoms with van der Waals surface area (Å²) < 4.78 is 30.9. The number of hydrogen-bond donors (Lipinski definition) is 2. The van der Waals surface area contributed by atoms with Crippen molar-refractivity contribution >= 4 is 35.0 Å². The van der Waals surface area contributed by atoms with Gasteiger partial charge in [0.1, 0.15) is 11.6 Å². The van der Waals surface area contributed by atoms with Crippen molar-refractivity contribution in [2.45, 2.75) is 0 Å². The number of halogens is 3. The quantitative estimate of drug-likeness (QED) is 0.828. The van der Waals surface area contributed by atoms with Crippen molar-refractivity contribution in [2.24, 2.45) is 0 Å². The number of rotatable bonds is 3. The lowest BCUT2D eigenvalue weighted by Gasteiger charge is -2.11. The molecule has 2 aromatic rings.